The highest BCUT2D eigenvalue weighted by atomic mass is 35.5. The molecular weight excluding hydrogens is 496 g/mol. The first-order chi connectivity index (χ1) is 18.0. The van der Waals surface area contributed by atoms with Crippen LogP contribution in [0.4, 0.5) is 5.69 Å². The number of carbonyl (C=O) groups is 2. The highest BCUT2D eigenvalue weighted by molar-refractivity contribution is 6.35. The summed E-state index contributed by atoms with van der Waals surface area (Å²) in [7, 11) is 0. The van der Waals surface area contributed by atoms with Crippen LogP contribution in [-0.4, -0.2) is 81.8 Å². The smallest absolute Gasteiger partial charge is 0.312 e. The molecule has 0 unspecified atom stereocenters. The van der Waals surface area contributed by atoms with Crippen molar-refractivity contribution >= 4 is 29.1 Å². The third kappa shape index (κ3) is 5.43. The Labute approximate surface area is 219 Å². The number of hydrogen-bond donors (Lipinski definition) is 0. The molecule has 2 amide bonds. The Morgan fingerprint density at radius 1 is 0.865 bits per heavy atom. The van der Waals surface area contributed by atoms with Gasteiger partial charge in [0.25, 0.3) is 5.56 Å². The van der Waals surface area contributed by atoms with Crippen molar-refractivity contribution in [1.29, 1.82) is 0 Å². The standard InChI is InChI=1S/C26H27ClN6O4/c27-23-21(18-29-33(24(23)34)19-6-2-1-3-7-19)30-14-16-32(17-15-30)26(36)25(35)31-12-9-20(10-13-31)37-22-8-4-5-11-28-22/h1-8,11,18,20H,9-10,12-17H2. The Balaban J connectivity index is 1.15. The summed E-state index contributed by atoms with van der Waals surface area (Å²) >= 11 is 6.42. The summed E-state index contributed by atoms with van der Waals surface area (Å²) in [5.41, 5.74) is 0.740. The summed E-state index contributed by atoms with van der Waals surface area (Å²) in [6.45, 7) is 2.50. The minimum atomic E-state index is -0.507. The van der Waals surface area contributed by atoms with E-state index in [4.69, 9.17) is 16.3 Å². The molecule has 11 heteroatoms. The van der Waals surface area contributed by atoms with Crippen LogP contribution in [-0.2, 0) is 9.59 Å². The second-order valence-corrected chi connectivity index (χ2v) is 9.33. The van der Waals surface area contributed by atoms with E-state index in [2.05, 4.69) is 10.1 Å². The molecule has 2 aliphatic rings. The fourth-order valence-corrected chi connectivity index (χ4v) is 4.83. The number of nitrogens with zero attached hydrogens (tertiary/aromatic N) is 6. The number of para-hydroxylation sites is 1. The van der Waals surface area contributed by atoms with E-state index in [1.165, 1.54) is 4.68 Å². The molecule has 2 aliphatic heterocycles. The molecule has 1 aromatic carbocycles. The Morgan fingerprint density at radius 2 is 1.51 bits per heavy atom. The third-order valence-electron chi connectivity index (χ3n) is 6.65. The SMILES string of the molecule is O=C(C(=O)N1CCN(c2cnn(-c3ccccc3)c(=O)c2Cl)CC1)N1CCC(Oc2ccccn2)CC1. The van der Waals surface area contributed by atoms with E-state index in [-0.39, 0.29) is 11.1 Å². The average molecular weight is 523 g/mol. The minimum Gasteiger partial charge on any atom is -0.474 e. The van der Waals surface area contributed by atoms with E-state index in [9.17, 15) is 14.4 Å². The maximum absolute atomic E-state index is 12.9. The highest BCUT2D eigenvalue weighted by Gasteiger charge is 2.33. The van der Waals surface area contributed by atoms with Crippen molar-refractivity contribution in [1.82, 2.24) is 24.6 Å². The zero-order valence-corrected chi connectivity index (χ0v) is 21.0. The Kier molecular flexibility index (Phi) is 7.36. The summed E-state index contributed by atoms with van der Waals surface area (Å²) in [5, 5.41) is 4.36. The molecule has 37 heavy (non-hydrogen) atoms. The van der Waals surface area contributed by atoms with Gasteiger partial charge in [0.1, 0.15) is 11.1 Å². The van der Waals surface area contributed by atoms with Crippen molar-refractivity contribution in [2.45, 2.75) is 18.9 Å². The summed E-state index contributed by atoms with van der Waals surface area (Å²) < 4.78 is 7.13. The number of piperazine rings is 1. The Bertz CT molecular complexity index is 1300. The van der Waals surface area contributed by atoms with Crippen LogP contribution in [0.3, 0.4) is 0 Å². The normalized spacial score (nSPS) is 16.5. The molecule has 10 nitrogen and oxygen atoms in total. The van der Waals surface area contributed by atoms with E-state index in [1.54, 1.807) is 40.4 Å². The average Bonchev–Trinajstić information content (AvgIpc) is 2.95. The van der Waals surface area contributed by atoms with E-state index in [0.717, 1.165) is 0 Å². The molecule has 0 N–H and O–H groups in total. The highest BCUT2D eigenvalue weighted by Crippen LogP contribution is 2.23. The number of benzene rings is 1. The number of aromatic nitrogens is 3. The molecule has 0 bridgehead atoms. The van der Waals surface area contributed by atoms with Crippen LogP contribution in [0.25, 0.3) is 5.69 Å². The van der Waals surface area contributed by atoms with Gasteiger partial charge in [0.2, 0.25) is 5.88 Å². The van der Waals surface area contributed by atoms with Gasteiger partial charge in [-0.1, -0.05) is 35.9 Å². The lowest BCUT2D eigenvalue weighted by Gasteiger charge is -2.37. The van der Waals surface area contributed by atoms with Gasteiger partial charge in [-0.25, -0.2) is 4.98 Å². The summed E-state index contributed by atoms with van der Waals surface area (Å²) in [6, 6.07) is 14.6. The van der Waals surface area contributed by atoms with Crippen molar-refractivity contribution in [2.24, 2.45) is 0 Å². The van der Waals surface area contributed by atoms with Gasteiger partial charge in [0.15, 0.2) is 0 Å². The van der Waals surface area contributed by atoms with Crippen LogP contribution in [0.5, 0.6) is 5.88 Å². The minimum absolute atomic E-state index is 0.0340. The maximum atomic E-state index is 12.9. The van der Waals surface area contributed by atoms with Crippen LogP contribution < -0.4 is 15.2 Å². The van der Waals surface area contributed by atoms with Crippen LogP contribution in [0, 0.1) is 0 Å². The molecule has 0 aliphatic carbocycles. The molecule has 0 spiro atoms. The molecule has 2 aromatic heterocycles. The van der Waals surface area contributed by atoms with Gasteiger partial charge in [-0.05, 0) is 18.2 Å². The van der Waals surface area contributed by atoms with Crippen molar-refractivity contribution in [3.8, 4) is 11.6 Å². The lowest BCUT2D eigenvalue weighted by atomic mass is 10.1. The van der Waals surface area contributed by atoms with Gasteiger partial charge in [-0.15, -0.1) is 0 Å². The van der Waals surface area contributed by atoms with Crippen LogP contribution in [0.2, 0.25) is 5.02 Å². The zero-order valence-electron chi connectivity index (χ0n) is 20.2. The van der Waals surface area contributed by atoms with Crippen molar-refractivity contribution in [2.75, 3.05) is 44.2 Å². The molecule has 2 saturated heterocycles. The predicted molar refractivity (Wildman–Crippen MR) is 138 cm³/mol. The summed E-state index contributed by atoms with van der Waals surface area (Å²) in [4.78, 5) is 47.8. The number of carbonyl (C=O) groups excluding carboxylic acids is 2. The van der Waals surface area contributed by atoms with Gasteiger partial charge in [-0.2, -0.15) is 9.78 Å². The lowest BCUT2D eigenvalue weighted by Crippen LogP contribution is -2.54. The van der Waals surface area contributed by atoms with Crippen LogP contribution in [0.15, 0.2) is 65.7 Å². The monoisotopic (exact) mass is 522 g/mol. The number of anilines is 1. The molecule has 3 aromatic rings. The predicted octanol–water partition coefficient (Wildman–Crippen LogP) is 2.00. The van der Waals surface area contributed by atoms with Crippen molar-refractivity contribution in [3.05, 3.63) is 76.3 Å². The third-order valence-corrected chi connectivity index (χ3v) is 7.00. The van der Waals surface area contributed by atoms with Gasteiger partial charge in [-0.3, -0.25) is 14.4 Å². The molecule has 0 radical (unpaired) electrons. The number of hydrogen-bond acceptors (Lipinski definition) is 7. The van der Waals surface area contributed by atoms with E-state index in [1.807, 2.05) is 35.2 Å². The first-order valence-corrected chi connectivity index (χ1v) is 12.6. The molecule has 2 fully saturated rings. The number of likely N-dealkylation sites (tertiary alicyclic amines) is 1. The van der Waals surface area contributed by atoms with Crippen LogP contribution in [0.1, 0.15) is 12.8 Å². The number of halogens is 1. The molecule has 0 saturated carbocycles. The van der Waals surface area contributed by atoms with E-state index >= 15 is 0 Å². The number of rotatable bonds is 4. The molecule has 4 heterocycles. The number of ether oxygens (including phenoxy) is 1. The first kappa shape index (κ1) is 24.8. The topological polar surface area (TPSA) is 101 Å². The second-order valence-electron chi connectivity index (χ2n) is 8.95. The van der Waals surface area contributed by atoms with E-state index < -0.39 is 17.4 Å². The summed E-state index contributed by atoms with van der Waals surface area (Å²) in [5.74, 6) is -0.434. The molecule has 5 rings (SSSR count). The quantitative estimate of drug-likeness (QED) is 0.483. The van der Waals surface area contributed by atoms with Gasteiger partial charge in [0.05, 0.1) is 17.6 Å². The fourth-order valence-electron chi connectivity index (χ4n) is 4.58. The second kappa shape index (κ2) is 11.0. The maximum Gasteiger partial charge on any atom is 0.312 e. The lowest BCUT2D eigenvalue weighted by molar-refractivity contribution is -0.153. The van der Waals surface area contributed by atoms with Crippen molar-refractivity contribution < 1.29 is 14.3 Å². The Morgan fingerprint density at radius 3 is 2.16 bits per heavy atom. The van der Waals surface area contributed by atoms with Crippen molar-refractivity contribution in [3.63, 3.8) is 0 Å². The molecule has 192 valence electrons. The zero-order chi connectivity index (χ0) is 25.8. The summed E-state index contributed by atoms with van der Waals surface area (Å²) in [6.07, 6.45) is 4.49. The van der Waals surface area contributed by atoms with Gasteiger partial charge in [0, 0.05) is 64.4 Å². The van der Waals surface area contributed by atoms with E-state index in [0.29, 0.717) is 69.4 Å². The number of amides is 2. The molecular formula is C26H27ClN6O4. The Hall–Kier alpha value is -3.92. The largest absolute Gasteiger partial charge is 0.474 e. The van der Waals surface area contributed by atoms with Crippen LogP contribution >= 0.6 is 11.6 Å². The number of pyridine rings is 1. The van der Waals surface area contributed by atoms with Gasteiger partial charge < -0.3 is 19.4 Å². The van der Waals surface area contributed by atoms with Gasteiger partial charge >= 0.3 is 11.8 Å². The first-order valence-electron chi connectivity index (χ1n) is 12.3. The fraction of sp³-hybridized carbons (Fsp3) is 0.346. The number of piperidine rings is 1. The molecule has 0 atom stereocenters.